The fraction of sp³-hybridized carbons (Fsp3) is 0.476. The summed E-state index contributed by atoms with van der Waals surface area (Å²) in [6, 6.07) is 10.0. The predicted molar refractivity (Wildman–Crippen MR) is 122 cm³/mol. The van der Waals surface area contributed by atoms with Crippen molar-refractivity contribution in [2.24, 2.45) is 5.92 Å². The highest BCUT2D eigenvalue weighted by molar-refractivity contribution is 7.91. The van der Waals surface area contributed by atoms with Gasteiger partial charge >= 0.3 is 0 Å². The van der Waals surface area contributed by atoms with Crippen molar-refractivity contribution < 1.29 is 18.1 Å². The lowest BCUT2D eigenvalue weighted by atomic mass is 9.95. The molecule has 1 amide bonds. The van der Waals surface area contributed by atoms with Crippen LogP contribution in [0.2, 0.25) is 0 Å². The molecular formula is C21H26N4O5S2. The van der Waals surface area contributed by atoms with E-state index in [-0.39, 0.29) is 22.4 Å². The number of para-hydroxylation sites is 2. The van der Waals surface area contributed by atoms with Gasteiger partial charge in [-0.05, 0) is 43.9 Å². The zero-order valence-electron chi connectivity index (χ0n) is 17.6. The van der Waals surface area contributed by atoms with Crippen LogP contribution in [0.5, 0.6) is 0 Å². The molecule has 32 heavy (non-hydrogen) atoms. The van der Waals surface area contributed by atoms with E-state index in [9.17, 15) is 23.3 Å². The van der Waals surface area contributed by atoms with E-state index >= 15 is 0 Å². The quantitative estimate of drug-likeness (QED) is 0.484. The number of amides is 1. The Labute approximate surface area is 191 Å². The number of nitro groups is 1. The van der Waals surface area contributed by atoms with Gasteiger partial charge in [0.25, 0.3) is 15.7 Å². The summed E-state index contributed by atoms with van der Waals surface area (Å²) in [6.07, 6.45) is 3.00. The molecule has 0 atom stereocenters. The molecule has 9 nitrogen and oxygen atoms in total. The van der Waals surface area contributed by atoms with Crippen LogP contribution < -0.4 is 10.2 Å². The Kier molecular flexibility index (Phi) is 6.77. The number of nitrogens with one attached hydrogen (secondary N) is 1. The summed E-state index contributed by atoms with van der Waals surface area (Å²) >= 11 is 1.20. The number of carbonyl (C=O) groups excluding carboxylic acids is 1. The van der Waals surface area contributed by atoms with Gasteiger partial charge in [-0.15, -0.1) is 11.3 Å². The average Bonchev–Trinajstić information content (AvgIpc) is 3.50. The summed E-state index contributed by atoms with van der Waals surface area (Å²) in [5.74, 6) is -0.230. The van der Waals surface area contributed by atoms with Crippen molar-refractivity contribution in [2.75, 3.05) is 31.1 Å². The van der Waals surface area contributed by atoms with E-state index in [1.54, 1.807) is 30.3 Å². The van der Waals surface area contributed by atoms with Gasteiger partial charge in [0.05, 0.1) is 11.5 Å². The lowest BCUT2D eigenvalue weighted by molar-refractivity contribution is -0.384. The molecule has 4 rings (SSSR count). The van der Waals surface area contributed by atoms with E-state index in [4.69, 9.17) is 0 Å². The molecule has 2 aliphatic heterocycles. The maximum absolute atomic E-state index is 12.6. The van der Waals surface area contributed by atoms with Crippen molar-refractivity contribution in [2.45, 2.75) is 36.4 Å². The van der Waals surface area contributed by atoms with Crippen LogP contribution >= 0.6 is 11.3 Å². The minimum absolute atomic E-state index is 0.0652. The van der Waals surface area contributed by atoms with E-state index in [1.807, 2.05) is 4.90 Å². The number of thiophene rings is 1. The topological polar surface area (TPSA) is 113 Å². The van der Waals surface area contributed by atoms with Crippen LogP contribution in [0.15, 0.2) is 40.6 Å². The van der Waals surface area contributed by atoms with Gasteiger partial charge in [-0.3, -0.25) is 14.9 Å². The third-order valence-electron chi connectivity index (χ3n) is 6.02. The molecular weight excluding hydrogens is 452 g/mol. The Morgan fingerprint density at radius 3 is 2.47 bits per heavy atom. The first-order chi connectivity index (χ1) is 15.4. The van der Waals surface area contributed by atoms with Crippen molar-refractivity contribution >= 4 is 38.6 Å². The minimum atomic E-state index is -3.43. The van der Waals surface area contributed by atoms with Crippen molar-refractivity contribution in [1.82, 2.24) is 9.62 Å². The Morgan fingerprint density at radius 2 is 1.78 bits per heavy atom. The molecule has 2 saturated heterocycles. The monoisotopic (exact) mass is 478 g/mol. The highest BCUT2D eigenvalue weighted by Crippen LogP contribution is 2.31. The first kappa shape index (κ1) is 22.7. The Balaban J connectivity index is 1.30. The second kappa shape index (κ2) is 9.55. The number of hydrogen-bond acceptors (Lipinski definition) is 7. The number of hydrogen-bond donors (Lipinski definition) is 1. The number of piperidine rings is 1. The van der Waals surface area contributed by atoms with Gasteiger partial charge in [-0.25, -0.2) is 8.42 Å². The van der Waals surface area contributed by atoms with Gasteiger partial charge in [0.1, 0.15) is 9.90 Å². The van der Waals surface area contributed by atoms with Gasteiger partial charge in [0.2, 0.25) is 5.91 Å². The van der Waals surface area contributed by atoms with Gasteiger partial charge in [0.15, 0.2) is 0 Å². The number of nitro benzene ring substituents is 1. The number of rotatable bonds is 7. The van der Waals surface area contributed by atoms with Crippen LogP contribution in [-0.2, 0) is 21.4 Å². The fourth-order valence-corrected chi connectivity index (χ4v) is 7.20. The van der Waals surface area contributed by atoms with Crippen molar-refractivity contribution in [3.8, 4) is 0 Å². The largest absolute Gasteiger partial charge is 0.366 e. The molecule has 3 heterocycles. The molecule has 0 radical (unpaired) electrons. The molecule has 0 bridgehead atoms. The summed E-state index contributed by atoms with van der Waals surface area (Å²) < 4.78 is 27.1. The number of benzene rings is 1. The van der Waals surface area contributed by atoms with E-state index in [0.29, 0.717) is 55.5 Å². The van der Waals surface area contributed by atoms with E-state index in [0.717, 1.165) is 17.7 Å². The van der Waals surface area contributed by atoms with Crippen molar-refractivity contribution in [3.05, 3.63) is 51.4 Å². The molecule has 172 valence electrons. The molecule has 2 fully saturated rings. The normalized spacial score (nSPS) is 18.1. The van der Waals surface area contributed by atoms with Crippen LogP contribution in [0.1, 0.15) is 30.6 Å². The lowest BCUT2D eigenvalue weighted by Gasteiger charge is -2.32. The van der Waals surface area contributed by atoms with E-state index in [2.05, 4.69) is 5.32 Å². The Morgan fingerprint density at radius 1 is 1.09 bits per heavy atom. The van der Waals surface area contributed by atoms with Crippen LogP contribution in [0, 0.1) is 16.0 Å². The number of anilines is 1. The van der Waals surface area contributed by atoms with E-state index < -0.39 is 10.0 Å². The van der Waals surface area contributed by atoms with Crippen LogP contribution in [0.4, 0.5) is 11.4 Å². The summed E-state index contributed by atoms with van der Waals surface area (Å²) in [5, 5.41) is 14.2. The third kappa shape index (κ3) is 4.79. The molecule has 2 aliphatic rings. The van der Waals surface area contributed by atoms with Gasteiger partial charge in [0, 0.05) is 43.0 Å². The predicted octanol–water partition coefficient (Wildman–Crippen LogP) is 2.97. The van der Waals surface area contributed by atoms with Crippen LogP contribution in [0.25, 0.3) is 0 Å². The van der Waals surface area contributed by atoms with E-state index in [1.165, 1.54) is 21.7 Å². The average molecular weight is 479 g/mol. The first-order valence-corrected chi connectivity index (χ1v) is 13.0. The molecule has 11 heteroatoms. The highest BCUT2D eigenvalue weighted by atomic mass is 32.2. The Bertz CT molecular complexity index is 1090. The molecule has 0 aliphatic carbocycles. The highest BCUT2D eigenvalue weighted by Gasteiger charge is 2.30. The summed E-state index contributed by atoms with van der Waals surface area (Å²) in [5.41, 5.74) is 0.662. The van der Waals surface area contributed by atoms with Gasteiger partial charge in [-0.2, -0.15) is 4.31 Å². The van der Waals surface area contributed by atoms with Gasteiger partial charge < -0.3 is 10.2 Å². The summed E-state index contributed by atoms with van der Waals surface area (Å²) in [4.78, 5) is 26.3. The molecule has 1 N–H and O–H groups in total. The lowest BCUT2D eigenvalue weighted by Crippen LogP contribution is -2.40. The number of sulfonamides is 1. The second-order valence-electron chi connectivity index (χ2n) is 8.06. The first-order valence-electron chi connectivity index (χ1n) is 10.7. The van der Waals surface area contributed by atoms with Gasteiger partial charge in [-0.1, -0.05) is 12.1 Å². The van der Waals surface area contributed by atoms with Crippen LogP contribution in [0.3, 0.4) is 0 Å². The standard InChI is InChI=1S/C21H26N4O5S2/c26-21(16-9-13-23(14-10-16)18-5-1-2-6-19(18)25(27)28)22-15-17-7-8-20(31-17)32(29,30)24-11-3-4-12-24/h1-2,5-8,16H,3-4,9-15H2,(H,22,26). The minimum Gasteiger partial charge on any atom is -0.366 e. The molecule has 0 unspecified atom stereocenters. The zero-order chi connectivity index (χ0) is 22.7. The molecule has 0 saturated carbocycles. The maximum atomic E-state index is 12.6. The van der Waals surface area contributed by atoms with Crippen LogP contribution in [-0.4, -0.2) is 49.7 Å². The maximum Gasteiger partial charge on any atom is 0.292 e. The molecule has 0 spiro atoms. The summed E-state index contributed by atoms with van der Waals surface area (Å²) in [7, 11) is -3.43. The smallest absolute Gasteiger partial charge is 0.292 e. The number of nitrogens with zero attached hydrogens (tertiary/aromatic N) is 3. The molecule has 1 aromatic carbocycles. The summed E-state index contributed by atoms with van der Waals surface area (Å²) in [6.45, 7) is 2.57. The Hall–Kier alpha value is -2.50. The molecule has 2 aromatic rings. The zero-order valence-corrected chi connectivity index (χ0v) is 19.2. The second-order valence-corrected chi connectivity index (χ2v) is 11.4. The van der Waals surface area contributed by atoms with Crippen molar-refractivity contribution in [1.29, 1.82) is 0 Å². The molecule has 1 aromatic heterocycles. The SMILES string of the molecule is O=C(NCc1ccc(S(=O)(=O)N2CCCC2)s1)C1CCN(c2ccccc2[N+](=O)[O-])CC1. The number of carbonyl (C=O) groups is 1. The fourth-order valence-electron chi connectivity index (χ4n) is 4.23. The van der Waals surface area contributed by atoms with Crippen molar-refractivity contribution in [3.63, 3.8) is 0 Å². The third-order valence-corrected chi connectivity index (χ3v) is 9.47.